The first kappa shape index (κ1) is 23.4. The number of rotatable bonds is 8. The first-order valence-electron chi connectivity index (χ1n) is 11.1. The summed E-state index contributed by atoms with van der Waals surface area (Å²) in [7, 11) is 0. The highest BCUT2D eigenvalue weighted by Crippen LogP contribution is 2.30. The monoisotopic (exact) mass is 448 g/mol. The van der Waals surface area contributed by atoms with Crippen molar-refractivity contribution in [3.05, 3.63) is 17.7 Å². The average Bonchev–Trinajstić information content (AvgIpc) is 2.77. The number of carbonyl (C=O) groups is 3. The van der Waals surface area contributed by atoms with Gasteiger partial charge in [0.05, 0.1) is 5.56 Å². The van der Waals surface area contributed by atoms with Gasteiger partial charge in [0.2, 0.25) is 5.91 Å². The van der Waals surface area contributed by atoms with E-state index in [4.69, 9.17) is 15.8 Å². The van der Waals surface area contributed by atoms with Gasteiger partial charge in [0, 0.05) is 38.5 Å². The third kappa shape index (κ3) is 6.12. The second-order valence-electron chi connectivity index (χ2n) is 8.39. The Kier molecular flexibility index (Phi) is 8.17. The smallest absolute Gasteiger partial charge is 0.303 e. The molecule has 2 amide bonds. The van der Waals surface area contributed by atoms with Crippen LogP contribution in [0.4, 0.5) is 5.82 Å². The maximum absolute atomic E-state index is 13.2. The van der Waals surface area contributed by atoms with E-state index in [0.717, 1.165) is 42.4 Å². The molecule has 2 saturated heterocycles. The van der Waals surface area contributed by atoms with E-state index >= 15 is 0 Å². The molecule has 2 aliphatic rings. The minimum absolute atomic E-state index is 0.0528. The molecule has 1 aromatic rings. The van der Waals surface area contributed by atoms with Crippen LogP contribution in [0.5, 0.6) is 0 Å². The lowest BCUT2D eigenvalue weighted by Crippen LogP contribution is -2.42. The average molecular weight is 449 g/mol. The van der Waals surface area contributed by atoms with Gasteiger partial charge >= 0.3 is 5.97 Å². The molecule has 170 valence electrons. The zero-order chi connectivity index (χ0) is 22.4. The highest BCUT2D eigenvalue weighted by Gasteiger charge is 2.29. The highest BCUT2D eigenvalue weighted by atomic mass is 32.2. The number of carbonyl (C=O) groups excluding carboxylic acids is 2. The number of piperidine rings is 2. The molecule has 1 atom stereocenters. The van der Waals surface area contributed by atoms with Crippen LogP contribution in [0.2, 0.25) is 0 Å². The molecule has 3 heterocycles. The van der Waals surface area contributed by atoms with Crippen LogP contribution in [0.25, 0.3) is 0 Å². The number of amides is 2. The summed E-state index contributed by atoms with van der Waals surface area (Å²) in [6.45, 7) is 4.65. The van der Waals surface area contributed by atoms with Crippen molar-refractivity contribution in [1.29, 1.82) is 0 Å². The van der Waals surface area contributed by atoms with Crippen LogP contribution in [0.15, 0.2) is 17.2 Å². The number of hydrogen-bond donors (Lipinski definition) is 2. The summed E-state index contributed by atoms with van der Waals surface area (Å²) in [6.07, 6.45) is 4.19. The van der Waals surface area contributed by atoms with E-state index in [-0.39, 0.29) is 30.1 Å². The summed E-state index contributed by atoms with van der Waals surface area (Å²) in [5, 5.41) is 9.85. The minimum atomic E-state index is -0.764. The zero-order valence-corrected chi connectivity index (χ0v) is 18.9. The molecule has 3 rings (SSSR count). The van der Waals surface area contributed by atoms with E-state index in [1.54, 1.807) is 16.7 Å². The number of carboxylic acid groups (broad SMARTS) is 1. The standard InChI is InChI=1S/C22H32N4O4S/c1-2-12-31-21-17(22(30)25-10-7-16(8-11-25)20(23)29)5-6-18(24-21)26-9-3-4-15(14-26)13-19(27)28/h5-6,15-16H,2-4,7-14H2,1H3,(H2,23,29)(H,27,28)/t15-/m0/s1. The number of hydrogen-bond acceptors (Lipinski definition) is 6. The Balaban J connectivity index is 1.76. The predicted octanol–water partition coefficient (Wildman–Crippen LogP) is 2.61. The van der Waals surface area contributed by atoms with Crippen LogP contribution in [0.3, 0.4) is 0 Å². The van der Waals surface area contributed by atoms with Gasteiger partial charge in [-0.15, -0.1) is 11.8 Å². The van der Waals surface area contributed by atoms with Crippen molar-refractivity contribution in [2.45, 2.75) is 50.5 Å². The number of nitrogens with two attached hydrogens (primary N) is 1. The lowest BCUT2D eigenvalue weighted by molar-refractivity contribution is -0.138. The summed E-state index contributed by atoms with van der Waals surface area (Å²) >= 11 is 1.58. The maximum atomic E-state index is 13.2. The highest BCUT2D eigenvalue weighted by molar-refractivity contribution is 7.99. The van der Waals surface area contributed by atoms with Crippen molar-refractivity contribution < 1.29 is 19.5 Å². The van der Waals surface area contributed by atoms with Crippen molar-refractivity contribution in [3.8, 4) is 0 Å². The summed E-state index contributed by atoms with van der Waals surface area (Å²) in [6, 6.07) is 3.73. The van der Waals surface area contributed by atoms with Gasteiger partial charge in [-0.05, 0) is 55.9 Å². The Morgan fingerprint density at radius 3 is 2.58 bits per heavy atom. The molecule has 0 radical (unpaired) electrons. The summed E-state index contributed by atoms with van der Waals surface area (Å²) in [5.74, 6) is 0.520. The van der Waals surface area contributed by atoms with E-state index in [1.165, 1.54) is 0 Å². The first-order chi connectivity index (χ1) is 14.9. The van der Waals surface area contributed by atoms with Crippen molar-refractivity contribution in [2.24, 2.45) is 17.6 Å². The molecular weight excluding hydrogens is 416 g/mol. The number of aliphatic carboxylic acids is 1. The largest absolute Gasteiger partial charge is 0.481 e. The summed E-state index contributed by atoms with van der Waals surface area (Å²) in [4.78, 5) is 44.5. The van der Waals surface area contributed by atoms with Gasteiger partial charge in [0.25, 0.3) is 5.91 Å². The van der Waals surface area contributed by atoms with Gasteiger partial charge in [0.1, 0.15) is 10.8 Å². The molecule has 2 fully saturated rings. The number of aromatic nitrogens is 1. The molecule has 8 nitrogen and oxygen atoms in total. The summed E-state index contributed by atoms with van der Waals surface area (Å²) < 4.78 is 0. The molecule has 0 bridgehead atoms. The Bertz CT molecular complexity index is 811. The molecule has 2 aliphatic heterocycles. The van der Waals surface area contributed by atoms with Crippen molar-refractivity contribution >= 4 is 35.4 Å². The fraction of sp³-hybridized carbons (Fsp3) is 0.636. The van der Waals surface area contributed by atoms with E-state index in [0.29, 0.717) is 38.0 Å². The van der Waals surface area contributed by atoms with Crippen molar-refractivity contribution in [1.82, 2.24) is 9.88 Å². The molecule has 0 aromatic carbocycles. The van der Waals surface area contributed by atoms with Crippen molar-refractivity contribution in [3.63, 3.8) is 0 Å². The Morgan fingerprint density at radius 1 is 1.19 bits per heavy atom. The Labute approximate surface area is 187 Å². The quantitative estimate of drug-likeness (QED) is 0.587. The van der Waals surface area contributed by atoms with Crippen LogP contribution in [-0.4, -0.2) is 64.7 Å². The maximum Gasteiger partial charge on any atom is 0.303 e. The van der Waals surface area contributed by atoms with Crippen molar-refractivity contribution in [2.75, 3.05) is 36.8 Å². The molecule has 0 spiro atoms. The minimum Gasteiger partial charge on any atom is -0.481 e. The second-order valence-corrected chi connectivity index (χ2v) is 9.48. The van der Waals surface area contributed by atoms with Gasteiger partial charge in [-0.3, -0.25) is 14.4 Å². The number of pyridine rings is 1. The number of nitrogens with zero attached hydrogens (tertiary/aromatic N) is 3. The van der Waals surface area contributed by atoms with Gasteiger partial charge in [-0.2, -0.15) is 0 Å². The zero-order valence-electron chi connectivity index (χ0n) is 18.1. The molecule has 1 aromatic heterocycles. The van der Waals surface area contributed by atoms with Gasteiger partial charge < -0.3 is 20.6 Å². The molecule has 0 unspecified atom stereocenters. The van der Waals surface area contributed by atoms with E-state index in [9.17, 15) is 14.4 Å². The van der Waals surface area contributed by atoms with Crippen LogP contribution >= 0.6 is 11.8 Å². The Hall–Kier alpha value is -2.29. The third-order valence-electron chi connectivity index (χ3n) is 6.01. The van der Waals surface area contributed by atoms with Crippen LogP contribution in [0.1, 0.15) is 55.8 Å². The second kappa shape index (κ2) is 10.8. The topological polar surface area (TPSA) is 117 Å². The normalized spacial score (nSPS) is 20.0. The van der Waals surface area contributed by atoms with E-state index in [2.05, 4.69) is 11.8 Å². The summed E-state index contributed by atoms with van der Waals surface area (Å²) in [5.41, 5.74) is 6.01. The molecule has 3 N–H and O–H groups in total. The number of anilines is 1. The number of carboxylic acids is 1. The SMILES string of the molecule is CCCSc1nc(N2CCC[C@@H](CC(=O)O)C2)ccc1C(=O)N1CCC(C(N)=O)CC1. The Morgan fingerprint density at radius 2 is 1.94 bits per heavy atom. The molecular formula is C22H32N4O4S. The van der Waals surface area contributed by atoms with Gasteiger partial charge in [-0.25, -0.2) is 4.98 Å². The predicted molar refractivity (Wildman–Crippen MR) is 120 cm³/mol. The van der Waals surface area contributed by atoms with Gasteiger partial charge in [0.15, 0.2) is 0 Å². The lowest BCUT2D eigenvalue weighted by atomic mass is 9.95. The van der Waals surface area contributed by atoms with Crippen LogP contribution in [0, 0.1) is 11.8 Å². The first-order valence-corrected chi connectivity index (χ1v) is 12.1. The molecule has 0 aliphatic carbocycles. The number of likely N-dealkylation sites (tertiary alicyclic amines) is 1. The fourth-order valence-corrected chi connectivity index (χ4v) is 5.17. The lowest BCUT2D eigenvalue weighted by Gasteiger charge is -2.34. The van der Waals surface area contributed by atoms with E-state index in [1.807, 2.05) is 12.1 Å². The van der Waals surface area contributed by atoms with Crippen LogP contribution < -0.4 is 10.6 Å². The number of thioether (sulfide) groups is 1. The molecule has 0 saturated carbocycles. The third-order valence-corrected chi connectivity index (χ3v) is 7.21. The number of primary amides is 1. The van der Waals surface area contributed by atoms with E-state index < -0.39 is 5.97 Å². The van der Waals surface area contributed by atoms with Gasteiger partial charge in [-0.1, -0.05) is 6.92 Å². The molecule has 31 heavy (non-hydrogen) atoms. The fourth-order valence-electron chi connectivity index (χ4n) is 4.30. The molecule has 9 heteroatoms. The van der Waals surface area contributed by atoms with Crippen LogP contribution in [-0.2, 0) is 9.59 Å².